The lowest BCUT2D eigenvalue weighted by atomic mass is 9.78. The molecule has 0 saturated carbocycles. The standard InChI is InChI=1S/C28H46F4N5O5P/c1-4-7-9-11-13-15-18(6-3)19-20(29)26(37-17-34-21-24(37)35-27(33)36-25(21)38)41-22(19)23(28(30,31)32)42-43(39,40)16-14-12-10-8-5-2/h17-20,22-23,26H,4-16H2,1-3H3,(H,39,40)(H3,33,35,36,38). The number of aromatic nitrogens is 4. The van der Waals surface area contributed by atoms with E-state index in [4.69, 9.17) is 15.0 Å². The van der Waals surface area contributed by atoms with Crippen molar-refractivity contribution >= 4 is 24.7 Å². The molecular formula is C28H46F4N5O5P. The third kappa shape index (κ3) is 9.25. The van der Waals surface area contributed by atoms with Crippen LogP contribution in [0.4, 0.5) is 23.5 Å². The number of rotatable bonds is 18. The Morgan fingerprint density at radius 1 is 1.12 bits per heavy atom. The van der Waals surface area contributed by atoms with Gasteiger partial charge in [-0.2, -0.15) is 18.2 Å². The molecule has 1 aliphatic rings. The minimum absolute atomic E-state index is 0.148. The van der Waals surface area contributed by atoms with Crippen molar-refractivity contribution in [3.8, 4) is 0 Å². The normalized spacial score (nSPS) is 23.9. The van der Waals surface area contributed by atoms with Crippen LogP contribution in [-0.4, -0.2) is 55.1 Å². The Kier molecular flexibility index (Phi) is 13.0. The van der Waals surface area contributed by atoms with Gasteiger partial charge in [-0.25, -0.2) is 9.37 Å². The summed E-state index contributed by atoms with van der Waals surface area (Å²) in [5, 5.41) is 0. The maximum absolute atomic E-state index is 16.5. The van der Waals surface area contributed by atoms with E-state index in [9.17, 15) is 27.4 Å². The molecule has 2 aromatic rings. The molecule has 0 spiro atoms. The van der Waals surface area contributed by atoms with E-state index in [1.54, 1.807) is 6.92 Å². The number of H-pyrrole nitrogens is 1. The molecule has 3 rings (SSSR count). The number of halogens is 4. The average Bonchev–Trinajstić information content (AvgIpc) is 3.49. The van der Waals surface area contributed by atoms with Crippen molar-refractivity contribution in [2.24, 2.45) is 11.8 Å². The first kappa shape index (κ1) is 35.5. The van der Waals surface area contributed by atoms with Crippen LogP contribution in [0.3, 0.4) is 0 Å². The summed E-state index contributed by atoms with van der Waals surface area (Å²) in [4.78, 5) is 33.1. The van der Waals surface area contributed by atoms with Crippen LogP contribution in [0, 0.1) is 11.8 Å². The molecule has 15 heteroatoms. The molecule has 246 valence electrons. The molecule has 0 aromatic carbocycles. The van der Waals surface area contributed by atoms with Crippen LogP contribution in [0.1, 0.15) is 104 Å². The number of alkyl halides is 4. The molecule has 0 radical (unpaired) electrons. The lowest BCUT2D eigenvalue weighted by Crippen LogP contribution is -2.47. The molecule has 1 saturated heterocycles. The van der Waals surface area contributed by atoms with Gasteiger partial charge >= 0.3 is 13.8 Å². The van der Waals surface area contributed by atoms with Crippen molar-refractivity contribution in [2.45, 2.75) is 129 Å². The van der Waals surface area contributed by atoms with Gasteiger partial charge in [-0.3, -0.25) is 23.4 Å². The Hall–Kier alpha value is -2.02. The maximum atomic E-state index is 16.5. The van der Waals surface area contributed by atoms with Gasteiger partial charge in [-0.1, -0.05) is 85.0 Å². The van der Waals surface area contributed by atoms with Crippen molar-refractivity contribution in [3.63, 3.8) is 0 Å². The Labute approximate surface area is 249 Å². The number of hydrogen-bond acceptors (Lipinski definition) is 7. The van der Waals surface area contributed by atoms with Crippen molar-refractivity contribution in [1.82, 2.24) is 19.5 Å². The Morgan fingerprint density at radius 3 is 2.35 bits per heavy atom. The summed E-state index contributed by atoms with van der Waals surface area (Å²) < 4.78 is 85.2. The highest BCUT2D eigenvalue weighted by Gasteiger charge is 2.60. The van der Waals surface area contributed by atoms with Crippen LogP contribution in [0.2, 0.25) is 0 Å². The van der Waals surface area contributed by atoms with Crippen LogP contribution in [-0.2, 0) is 13.8 Å². The van der Waals surface area contributed by atoms with Gasteiger partial charge < -0.3 is 15.4 Å². The van der Waals surface area contributed by atoms with Gasteiger partial charge in [0.05, 0.1) is 12.5 Å². The zero-order chi connectivity index (χ0) is 31.8. The summed E-state index contributed by atoms with van der Waals surface area (Å²) in [5.41, 5.74) is 4.65. The lowest BCUT2D eigenvalue weighted by Gasteiger charge is -2.34. The summed E-state index contributed by atoms with van der Waals surface area (Å²) in [6.45, 7) is 5.85. The molecule has 3 heterocycles. The second-order valence-corrected chi connectivity index (χ2v) is 13.4. The molecule has 4 N–H and O–H groups in total. The number of imidazole rings is 1. The number of unbranched alkanes of at least 4 members (excludes halogenated alkanes) is 8. The Balaban J connectivity index is 1.97. The van der Waals surface area contributed by atoms with E-state index >= 15 is 4.39 Å². The van der Waals surface area contributed by atoms with E-state index < -0.39 is 61.9 Å². The number of nitrogens with two attached hydrogens (primary N) is 1. The van der Waals surface area contributed by atoms with E-state index in [2.05, 4.69) is 21.9 Å². The average molecular weight is 640 g/mol. The zero-order valence-corrected chi connectivity index (χ0v) is 26.1. The Morgan fingerprint density at radius 2 is 1.74 bits per heavy atom. The van der Waals surface area contributed by atoms with Crippen LogP contribution in [0.5, 0.6) is 0 Å². The summed E-state index contributed by atoms with van der Waals surface area (Å²) in [5.74, 6) is -2.14. The molecule has 0 amide bonds. The number of nitrogens with one attached hydrogen (secondary N) is 1. The first-order chi connectivity index (χ1) is 20.3. The second kappa shape index (κ2) is 15.8. The fourth-order valence-corrected chi connectivity index (χ4v) is 7.30. The minimum Gasteiger partial charge on any atom is -0.369 e. The van der Waals surface area contributed by atoms with Gasteiger partial charge in [-0.05, 0) is 18.8 Å². The largest absolute Gasteiger partial charge is 0.417 e. The predicted octanol–water partition coefficient (Wildman–Crippen LogP) is 7.04. The smallest absolute Gasteiger partial charge is 0.369 e. The number of nitrogen functional groups attached to an aromatic ring is 1. The monoisotopic (exact) mass is 639 g/mol. The summed E-state index contributed by atoms with van der Waals surface area (Å²) in [6, 6.07) is 0. The number of aromatic amines is 1. The molecule has 10 nitrogen and oxygen atoms in total. The zero-order valence-electron chi connectivity index (χ0n) is 25.2. The second-order valence-electron chi connectivity index (χ2n) is 11.5. The number of anilines is 1. The number of hydrogen-bond donors (Lipinski definition) is 3. The third-order valence-electron chi connectivity index (χ3n) is 8.23. The highest BCUT2D eigenvalue weighted by Crippen LogP contribution is 2.53. The number of nitrogens with zero attached hydrogens (tertiary/aromatic N) is 3. The van der Waals surface area contributed by atoms with E-state index in [1.807, 2.05) is 6.92 Å². The van der Waals surface area contributed by atoms with Gasteiger partial charge in [0.1, 0.15) is 6.10 Å². The van der Waals surface area contributed by atoms with Gasteiger partial charge in [-0.15, -0.1) is 0 Å². The van der Waals surface area contributed by atoms with E-state index in [0.29, 0.717) is 25.7 Å². The van der Waals surface area contributed by atoms with Crippen molar-refractivity contribution in [1.29, 1.82) is 0 Å². The fourth-order valence-electron chi connectivity index (χ4n) is 5.98. The van der Waals surface area contributed by atoms with E-state index in [1.165, 1.54) is 0 Å². The topological polar surface area (TPSA) is 145 Å². The van der Waals surface area contributed by atoms with Gasteiger partial charge in [0.15, 0.2) is 29.7 Å². The highest BCUT2D eigenvalue weighted by atomic mass is 31.2. The number of fused-ring (bicyclic) bond motifs is 1. The van der Waals surface area contributed by atoms with Gasteiger partial charge in [0.25, 0.3) is 5.56 Å². The molecule has 2 aromatic heterocycles. The predicted molar refractivity (Wildman–Crippen MR) is 156 cm³/mol. The SMILES string of the molecule is CCCCCCCC(CC)C1C(F)C(n2cnc3c(=O)[nH]c(N)nc32)OC1C(OP(=O)(O)CCCCCCC)C(F)(F)F. The molecule has 1 fully saturated rings. The van der Waals surface area contributed by atoms with Crippen molar-refractivity contribution in [3.05, 3.63) is 16.7 Å². The minimum atomic E-state index is -5.13. The van der Waals surface area contributed by atoms with Crippen LogP contribution >= 0.6 is 7.60 Å². The van der Waals surface area contributed by atoms with Crippen LogP contribution < -0.4 is 11.3 Å². The summed E-state index contributed by atoms with van der Waals surface area (Å²) in [7, 11) is -4.71. The number of ether oxygens (including phenoxy) is 1. The van der Waals surface area contributed by atoms with Gasteiger partial charge in [0, 0.05) is 5.92 Å². The van der Waals surface area contributed by atoms with E-state index in [-0.39, 0.29) is 23.5 Å². The molecule has 7 atom stereocenters. The van der Waals surface area contributed by atoms with Crippen LogP contribution in [0.25, 0.3) is 11.2 Å². The summed E-state index contributed by atoms with van der Waals surface area (Å²) in [6.07, 6.45) is -4.14. The molecule has 0 aliphatic carbocycles. The molecule has 1 aliphatic heterocycles. The summed E-state index contributed by atoms with van der Waals surface area (Å²) >= 11 is 0. The first-order valence-electron chi connectivity index (χ1n) is 15.4. The van der Waals surface area contributed by atoms with Gasteiger partial charge in [0.2, 0.25) is 5.95 Å². The van der Waals surface area contributed by atoms with Crippen molar-refractivity contribution in [2.75, 3.05) is 11.9 Å². The lowest BCUT2D eigenvalue weighted by molar-refractivity contribution is -0.235. The maximum Gasteiger partial charge on any atom is 0.417 e. The van der Waals surface area contributed by atoms with Crippen LogP contribution in [0.15, 0.2) is 11.1 Å². The fraction of sp³-hybridized carbons (Fsp3) is 0.821. The van der Waals surface area contributed by atoms with E-state index in [0.717, 1.165) is 55.8 Å². The highest BCUT2D eigenvalue weighted by molar-refractivity contribution is 7.52. The van der Waals surface area contributed by atoms with Crippen molar-refractivity contribution < 1.29 is 36.3 Å². The first-order valence-corrected chi connectivity index (χ1v) is 17.2. The quantitative estimate of drug-likeness (QED) is 0.0894. The Bertz CT molecular complexity index is 1260. The molecule has 0 bridgehead atoms. The molecular weight excluding hydrogens is 593 g/mol. The molecule has 7 unspecified atom stereocenters. The molecule has 43 heavy (non-hydrogen) atoms. The third-order valence-corrected chi connectivity index (χ3v) is 9.67.